The SMILES string of the molecule is C[C@@H]1CCCC[C@H]1NC(=O)C(=O)Nc1ccc(Cl)cc1Cl. The van der Waals surface area contributed by atoms with Gasteiger partial charge in [-0.15, -0.1) is 0 Å². The number of carbonyl (C=O) groups excluding carboxylic acids is 2. The van der Waals surface area contributed by atoms with Crippen LogP contribution in [0.15, 0.2) is 18.2 Å². The van der Waals surface area contributed by atoms with Gasteiger partial charge in [-0.25, -0.2) is 0 Å². The number of benzene rings is 1. The summed E-state index contributed by atoms with van der Waals surface area (Å²) in [5.74, 6) is -0.939. The van der Waals surface area contributed by atoms with Gasteiger partial charge in [0.05, 0.1) is 10.7 Å². The van der Waals surface area contributed by atoms with Gasteiger partial charge in [-0.3, -0.25) is 9.59 Å². The minimum Gasteiger partial charge on any atom is -0.345 e. The molecule has 1 aromatic carbocycles. The predicted octanol–water partition coefficient (Wildman–Crippen LogP) is 3.63. The van der Waals surface area contributed by atoms with Crippen molar-refractivity contribution in [2.24, 2.45) is 5.92 Å². The van der Waals surface area contributed by atoms with Crippen LogP contribution in [0.2, 0.25) is 10.0 Å². The zero-order valence-electron chi connectivity index (χ0n) is 11.8. The van der Waals surface area contributed by atoms with E-state index in [0.29, 0.717) is 21.7 Å². The summed E-state index contributed by atoms with van der Waals surface area (Å²) in [6.45, 7) is 2.10. The summed E-state index contributed by atoms with van der Waals surface area (Å²) in [5, 5.41) is 6.07. The van der Waals surface area contributed by atoms with Gasteiger partial charge in [-0.05, 0) is 37.0 Å². The molecule has 4 nitrogen and oxygen atoms in total. The van der Waals surface area contributed by atoms with E-state index >= 15 is 0 Å². The quantitative estimate of drug-likeness (QED) is 0.814. The van der Waals surface area contributed by atoms with Crippen molar-refractivity contribution < 1.29 is 9.59 Å². The highest BCUT2D eigenvalue weighted by Gasteiger charge is 2.25. The third kappa shape index (κ3) is 4.35. The average molecular weight is 329 g/mol. The monoisotopic (exact) mass is 328 g/mol. The van der Waals surface area contributed by atoms with Crippen LogP contribution in [-0.2, 0) is 9.59 Å². The second-order valence-corrected chi connectivity index (χ2v) is 6.26. The Morgan fingerprint density at radius 1 is 1.14 bits per heavy atom. The molecule has 114 valence electrons. The molecule has 0 unspecified atom stereocenters. The third-order valence-corrected chi connectivity index (χ3v) is 4.36. The van der Waals surface area contributed by atoms with Crippen LogP contribution >= 0.6 is 23.2 Å². The fourth-order valence-corrected chi connectivity index (χ4v) is 2.99. The third-order valence-electron chi connectivity index (χ3n) is 3.81. The molecular weight excluding hydrogens is 311 g/mol. The number of carbonyl (C=O) groups is 2. The maximum atomic E-state index is 11.9. The van der Waals surface area contributed by atoms with Crippen LogP contribution in [0, 0.1) is 5.92 Å². The zero-order valence-corrected chi connectivity index (χ0v) is 13.3. The first-order chi connectivity index (χ1) is 9.97. The summed E-state index contributed by atoms with van der Waals surface area (Å²) in [4.78, 5) is 23.9. The van der Waals surface area contributed by atoms with Crippen molar-refractivity contribution >= 4 is 40.7 Å². The van der Waals surface area contributed by atoms with Gasteiger partial charge in [-0.1, -0.05) is 43.0 Å². The van der Waals surface area contributed by atoms with Gasteiger partial charge >= 0.3 is 11.8 Å². The molecule has 21 heavy (non-hydrogen) atoms. The van der Waals surface area contributed by atoms with Crippen LogP contribution in [0.3, 0.4) is 0 Å². The van der Waals surface area contributed by atoms with Crippen LogP contribution < -0.4 is 10.6 Å². The Morgan fingerprint density at radius 3 is 2.52 bits per heavy atom. The number of hydrogen-bond donors (Lipinski definition) is 2. The van der Waals surface area contributed by atoms with Gasteiger partial charge < -0.3 is 10.6 Å². The van der Waals surface area contributed by atoms with E-state index in [1.807, 2.05) is 0 Å². The van der Waals surface area contributed by atoms with Gasteiger partial charge in [0.25, 0.3) is 0 Å². The second kappa shape index (κ2) is 7.14. The van der Waals surface area contributed by atoms with Crippen molar-refractivity contribution in [3.05, 3.63) is 28.2 Å². The number of nitrogens with one attached hydrogen (secondary N) is 2. The predicted molar refractivity (Wildman–Crippen MR) is 84.7 cm³/mol. The van der Waals surface area contributed by atoms with Crippen LogP contribution in [-0.4, -0.2) is 17.9 Å². The minimum atomic E-state index is -0.711. The number of hydrogen-bond acceptors (Lipinski definition) is 2. The van der Waals surface area contributed by atoms with Crippen molar-refractivity contribution in [2.45, 2.75) is 38.6 Å². The molecule has 1 aromatic rings. The van der Waals surface area contributed by atoms with Crippen molar-refractivity contribution in [2.75, 3.05) is 5.32 Å². The minimum absolute atomic E-state index is 0.0673. The van der Waals surface area contributed by atoms with Gasteiger partial charge in [0, 0.05) is 11.1 Å². The Hall–Kier alpha value is -1.26. The van der Waals surface area contributed by atoms with E-state index in [9.17, 15) is 9.59 Å². The Kier molecular flexibility index (Phi) is 5.48. The van der Waals surface area contributed by atoms with E-state index in [0.717, 1.165) is 19.3 Å². The number of rotatable bonds is 2. The van der Waals surface area contributed by atoms with Crippen molar-refractivity contribution in [3.8, 4) is 0 Å². The number of anilines is 1. The molecular formula is C15H18Cl2N2O2. The normalized spacial score (nSPS) is 21.7. The van der Waals surface area contributed by atoms with Crippen LogP contribution in [0.25, 0.3) is 0 Å². The van der Waals surface area contributed by atoms with E-state index in [1.165, 1.54) is 12.5 Å². The topological polar surface area (TPSA) is 58.2 Å². The first kappa shape index (κ1) is 16.1. The summed E-state index contributed by atoms with van der Waals surface area (Å²) >= 11 is 11.7. The van der Waals surface area contributed by atoms with E-state index < -0.39 is 11.8 Å². The lowest BCUT2D eigenvalue weighted by Gasteiger charge is -2.29. The van der Waals surface area contributed by atoms with Crippen molar-refractivity contribution in [3.63, 3.8) is 0 Å². The van der Waals surface area contributed by atoms with Gasteiger partial charge in [0.1, 0.15) is 0 Å². The first-order valence-electron chi connectivity index (χ1n) is 7.04. The van der Waals surface area contributed by atoms with Crippen molar-refractivity contribution in [1.29, 1.82) is 0 Å². The smallest absolute Gasteiger partial charge is 0.313 e. The molecule has 2 atom stereocenters. The van der Waals surface area contributed by atoms with Crippen LogP contribution in [0.1, 0.15) is 32.6 Å². The van der Waals surface area contributed by atoms with E-state index in [-0.39, 0.29) is 6.04 Å². The molecule has 1 aliphatic carbocycles. The van der Waals surface area contributed by atoms with Gasteiger partial charge in [-0.2, -0.15) is 0 Å². The first-order valence-corrected chi connectivity index (χ1v) is 7.80. The molecule has 6 heteroatoms. The molecule has 0 radical (unpaired) electrons. The maximum Gasteiger partial charge on any atom is 0.313 e. The Labute approximate surface area is 134 Å². The Morgan fingerprint density at radius 2 is 1.86 bits per heavy atom. The lowest BCUT2D eigenvalue weighted by Crippen LogP contribution is -2.45. The molecule has 0 bridgehead atoms. The molecule has 1 saturated carbocycles. The summed E-state index contributed by atoms with van der Waals surface area (Å²) < 4.78 is 0. The average Bonchev–Trinajstić information content (AvgIpc) is 2.44. The zero-order chi connectivity index (χ0) is 15.4. The number of halogens is 2. The molecule has 0 aromatic heterocycles. The lowest BCUT2D eigenvalue weighted by molar-refractivity contribution is -0.137. The molecule has 1 aliphatic rings. The standard InChI is InChI=1S/C15H18Cl2N2O2/c1-9-4-2-3-5-12(9)18-14(20)15(21)19-13-7-6-10(16)8-11(13)17/h6-9,12H,2-5H2,1H3,(H,18,20)(H,19,21)/t9-,12-/m1/s1. The summed E-state index contributed by atoms with van der Waals surface area (Å²) in [6.07, 6.45) is 4.26. The molecule has 0 heterocycles. The van der Waals surface area contributed by atoms with Crippen LogP contribution in [0.4, 0.5) is 5.69 Å². The molecule has 2 amide bonds. The highest BCUT2D eigenvalue weighted by Crippen LogP contribution is 2.26. The summed E-state index contributed by atoms with van der Waals surface area (Å²) in [5.41, 5.74) is 0.373. The highest BCUT2D eigenvalue weighted by molar-refractivity contribution is 6.42. The summed E-state index contributed by atoms with van der Waals surface area (Å²) in [6, 6.07) is 4.75. The molecule has 2 rings (SSSR count). The molecule has 0 spiro atoms. The molecule has 2 N–H and O–H groups in total. The maximum absolute atomic E-state index is 11.9. The van der Waals surface area contributed by atoms with Gasteiger partial charge in [0.2, 0.25) is 0 Å². The largest absolute Gasteiger partial charge is 0.345 e. The van der Waals surface area contributed by atoms with E-state index in [1.54, 1.807) is 12.1 Å². The lowest BCUT2D eigenvalue weighted by atomic mass is 9.86. The second-order valence-electron chi connectivity index (χ2n) is 5.42. The fraction of sp³-hybridized carbons (Fsp3) is 0.467. The summed E-state index contributed by atoms with van der Waals surface area (Å²) in [7, 11) is 0. The molecule has 1 fully saturated rings. The van der Waals surface area contributed by atoms with Gasteiger partial charge in [0.15, 0.2) is 0 Å². The Bertz CT molecular complexity index is 548. The van der Waals surface area contributed by atoms with E-state index in [2.05, 4.69) is 17.6 Å². The molecule has 0 aliphatic heterocycles. The van der Waals surface area contributed by atoms with Crippen LogP contribution in [0.5, 0.6) is 0 Å². The number of amides is 2. The Balaban J connectivity index is 1.94. The van der Waals surface area contributed by atoms with Crippen molar-refractivity contribution in [1.82, 2.24) is 5.32 Å². The molecule has 0 saturated heterocycles. The fourth-order valence-electron chi connectivity index (χ4n) is 2.53. The highest BCUT2D eigenvalue weighted by atomic mass is 35.5. The van der Waals surface area contributed by atoms with E-state index in [4.69, 9.17) is 23.2 Å².